The standard InChI is InChI=1S/C5H3N3O/c6-2-1-4-5(9)3-7-8-4/h1,3,8H. The van der Waals surface area contributed by atoms with Crippen molar-refractivity contribution in [2.45, 2.75) is 0 Å². The molecule has 0 spiro atoms. The molecular formula is C5H3N3O. The first kappa shape index (κ1) is 5.51. The first-order valence-corrected chi connectivity index (χ1v) is 2.28. The fraction of sp³-hybridized carbons (Fsp3) is 0. The Kier molecular flexibility index (Phi) is 1.28. The van der Waals surface area contributed by atoms with Crippen molar-refractivity contribution in [1.29, 1.82) is 5.26 Å². The smallest absolute Gasteiger partial charge is 0.224 e. The van der Waals surface area contributed by atoms with Gasteiger partial charge in [-0.05, 0) is 0 Å². The number of nitriles is 1. The number of Topliss-reactive ketones (excluding diaryl/α,β-unsaturated/α-hetero) is 1. The molecule has 0 atom stereocenters. The number of carbonyl (C=O) groups is 1. The van der Waals surface area contributed by atoms with Gasteiger partial charge in [-0.3, -0.25) is 10.2 Å². The lowest BCUT2D eigenvalue weighted by atomic mass is 10.3. The van der Waals surface area contributed by atoms with Gasteiger partial charge in [0.05, 0.1) is 12.3 Å². The Morgan fingerprint density at radius 3 is 3.11 bits per heavy atom. The SMILES string of the molecule is N#CC=C1NN=CC1=O. The van der Waals surface area contributed by atoms with Crippen LogP contribution in [0.5, 0.6) is 0 Å². The van der Waals surface area contributed by atoms with Gasteiger partial charge in [-0.25, -0.2) is 0 Å². The van der Waals surface area contributed by atoms with Gasteiger partial charge in [0, 0.05) is 6.08 Å². The van der Waals surface area contributed by atoms with Crippen molar-refractivity contribution in [3.8, 4) is 6.07 Å². The molecule has 0 aromatic carbocycles. The lowest BCUT2D eigenvalue weighted by molar-refractivity contribution is -0.109. The maximum absolute atomic E-state index is 10.5. The second-order valence-electron chi connectivity index (χ2n) is 1.42. The fourth-order valence-electron chi connectivity index (χ4n) is 0.453. The Morgan fingerprint density at radius 1 is 1.89 bits per heavy atom. The highest BCUT2D eigenvalue weighted by molar-refractivity contribution is 6.36. The number of rotatable bonds is 0. The molecule has 0 aromatic rings. The molecule has 1 aliphatic heterocycles. The van der Waals surface area contributed by atoms with Crippen LogP contribution in [0.3, 0.4) is 0 Å². The molecule has 0 amide bonds. The van der Waals surface area contributed by atoms with E-state index >= 15 is 0 Å². The van der Waals surface area contributed by atoms with Crippen molar-refractivity contribution in [2.75, 3.05) is 0 Å². The van der Waals surface area contributed by atoms with Crippen LogP contribution in [-0.4, -0.2) is 12.0 Å². The highest BCUT2D eigenvalue weighted by Gasteiger charge is 2.10. The van der Waals surface area contributed by atoms with Gasteiger partial charge >= 0.3 is 0 Å². The molecule has 0 aliphatic carbocycles. The van der Waals surface area contributed by atoms with E-state index in [1.54, 1.807) is 6.07 Å². The number of hydrazone groups is 1. The zero-order chi connectivity index (χ0) is 6.69. The van der Waals surface area contributed by atoms with E-state index in [0.717, 1.165) is 12.3 Å². The molecule has 4 heteroatoms. The second-order valence-corrected chi connectivity index (χ2v) is 1.42. The van der Waals surface area contributed by atoms with Crippen LogP contribution in [0, 0.1) is 11.3 Å². The number of ketones is 1. The van der Waals surface area contributed by atoms with Crippen molar-refractivity contribution < 1.29 is 4.79 Å². The Balaban J connectivity index is 2.81. The molecule has 0 saturated heterocycles. The largest absolute Gasteiger partial charge is 0.286 e. The van der Waals surface area contributed by atoms with Gasteiger partial charge in [-0.1, -0.05) is 0 Å². The van der Waals surface area contributed by atoms with Crippen LogP contribution < -0.4 is 5.43 Å². The Morgan fingerprint density at radius 2 is 2.67 bits per heavy atom. The number of nitrogens with zero attached hydrogens (tertiary/aromatic N) is 2. The zero-order valence-electron chi connectivity index (χ0n) is 4.46. The number of hydrogen-bond acceptors (Lipinski definition) is 4. The van der Waals surface area contributed by atoms with Gasteiger partial charge < -0.3 is 0 Å². The summed E-state index contributed by atoms with van der Waals surface area (Å²) in [4.78, 5) is 10.5. The minimum Gasteiger partial charge on any atom is -0.286 e. The van der Waals surface area contributed by atoms with Gasteiger partial charge in [0.1, 0.15) is 5.70 Å². The number of carbonyl (C=O) groups excluding carboxylic acids is 1. The molecule has 0 saturated carbocycles. The van der Waals surface area contributed by atoms with E-state index in [1.807, 2.05) is 0 Å². The van der Waals surface area contributed by atoms with Crippen LogP contribution in [0.4, 0.5) is 0 Å². The third-order valence-electron chi connectivity index (χ3n) is 0.841. The average Bonchev–Trinajstić information content (AvgIpc) is 2.18. The van der Waals surface area contributed by atoms with E-state index in [9.17, 15) is 4.79 Å². The van der Waals surface area contributed by atoms with Crippen LogP contribution in [0.15, 0.2) is 16.9 Å². The normalized spacial score (nSPS) is 19.9. The third-order valence-corrected chi connectivity index (χ3v) is 0.841. The molecule has 1 heterocycles. The summed E-state index contributed by atoms with van der Waals surface area (Å²) >= 11 is 0. The van der Waals surface area contributed by atoms with Crippen molar-refractivity contribution in [3.63, 3.8) is 0 Å². The number of hydrogen-bond donors (Lipinski definition) is 1. The summed E-state index contributed by atoms with van der Waals surface area (Å²) in [7, 11) is 0. The maximum Gasteiger partial charge on any atom is 0.224 e. The van der Waals surface area contributed by atoms with E-state index in [-0.39, 0.29) is 11.5 Å². The van der Waals surface area contributed by atoms with E-state index in [1.165, 1.54) is 0 Å². The number of nitrogens with one attached hydrogen (secondary N) is 1. The summed E-state index contributed by atoms with van der Waals surface area (Å²) in [6.07, 6.45) is 2.25. The summed E-state index contributed by atoms with van der Waals surface area (Å²) in [5.41, 5.74) is 2.60. The quantitative estimate of drug-likeness (QED) is 0.348. The minimum absolute atomic E-state index is 0.234. The molecular weight excluding hydrogens is 118 g/mol. The Bertz CT molecular complexity index is 233. The summed E-state index contributed by atoms with van der Waals surface area (Å²) in [5, 5.41) is 11.5. The van der Waals surface area contributed by atoms with Crippen LogP contribution in [0.25, 0.3) is 0 Å². The predicted molar refractivity (Wildman–Crippen MR) is 30.3 cm³/mol. The highest BCUT2D eigenvalue weighted by Crippen LogP contribution is 1.94. The fourth-order valence-corrected chi connectivity index (χ4v) is 0.453. The van der Waals surface area contributed by atoms with Crippen molar-refractivity contribution in [3.05, 3.63) is 11.8 Å². The first-order chi connectivity index (χ1) is 4.34. The van der Waals surface area contributed by atoms with E-state index in [0.29, 0.717) is 0 Å². The molecule has 1 rings (SSSR count). The average molecular weight is 121 g/mol. The van der Waals surface area contributed by atoms with Crippen LogP contribution in [0.2, 0.25) is 0 Å². The maximum atomic E-state index is 10.5. The molecule has 0 unspecified atom stereocenters. The van der Waals surface area contributed by atoms with Crippen molar-refractivity contribution in [1.82, 2.24) is 5.43 Å². The summed E-state index contributed by atoms with van der Waals surface area (Å²) in [6.45, 7) is 0. The lowest BCUT2D eigenvalue weighted by Crippen LogP contribution is -2.05. The molecule has 0 bridgehead atoms. The van der Waals surface area contributed by atoms with Gasteiger partial charge in [0.15, 0.2) is 0 Å². The molecule has 4 nitrogen and oxygen atoms in total. The van der Waals surface area contributed by atoms with Gasteiger partial charge in [-0.2, -0.15) is 10.4 Å². The number of allylic oxidation sites excluding steroid dienone is 2. The van der Waals surface area contributed by atoms with Crippen molar-refractivity contribution >= 4 is 12.0 Å². The monoisotopic (exact) mass is 121 g/mol. The molecule has 0 fully saturated rings. The predicted octanol–water partition coefficient (Wildman–Crippen LogP) is -0.448. The molecule has 0 aromatic heterocycles. The highest BCUT2D eigenvalue weighted by atomic mass is 16.1. The minimum atomic E-state index is -0.253. The van der Waals surface area contributed by atoms with Crippen LogP contribution in [-0.2, 0) is 4.79 Å². The van der Waals surface area contributed by atoms with Gasteiger partial charge in [0.2, 0.25) is 5.78 Å². The van der Waals surface area contributed by atoms with Gasteiger partial charge in [-0.15, -0.1) is 0 Å². The molecule has 9 heavy (non-hydrogen) atoms. The van der Waals surface area contributed by atoms with Gasteiger partial charge in [0.25, 0.3) is 0 Å². The summed E-state index contributed by atoms with van der Waals surface area (Å²) in [6, 6.07) is 1.71. The third kappa shape index (κ3) is 0.941. The lowest BCUT2D eigenvalue weighted by Gasteiger charge is -1.86. The molecule has 44 valence electrons. The zero-order valence-corrected chi connectivity index (χ0v) is 4.46. The van der Waals surface area contributed by atoms with Crippen LogP contribution in [0.1, 0.15) is 0 Å². The van der Waals surface area contributed by atoms with E-state index < -0.39 is 0 Å². The van der Waals surface area contributed by atoms with E-state index in [4.69, 9.17) is 5.26 Å². The van der Waals surface area contributed by atoms with E-state index in [2.05, 4.69) is 10.5 Å². The molecule has 1 aliphatic rings. The molecule has 1 N–H and O–H groups in total. The van der Waals surface area contributed by atoms with Crippen LogP contribution >= 0.6 is 0 Å². The second kappa shape index (κ2) is 2.09. The molecule has 0 radical (unpaired) electrons. The van der Waals surface area contributed by atoms with Crippen molar-refractivity contribution in [2.24, 2.45) is 5.10 Å². The first-order valence-electron chi connectivity index (χ1n) is 2.28. The summed E-state index contributed by atoms with van der Waals surface area (Å²) < 4.78 is 0. The summed E-state index contributed by atoms with van der Waals surface area (Å²) in [5.74, 6) is -0.253. The Labute approximate surface area is 51.5 Å². The Hall–Kier alpha value is -1.63. The topological polar surface area (TPSA) is 65.2 Å².